The molecule has 0 aliphatic carbocycles. The lowest BCUT2D eigenvalue weighted by Crippen LogP contribution is -2.42. The predicted octanol–water partition coefficient (Wildman–Crippen LogP) is 3.55. The van der Waals surface area contributed by atoms with Crippen molar-refractivity contribution in [3.8, 4) is 0 Å². The minimum atomic E-state index is -2.36. The van der Waals surface area contributed by atoms with Crippen molar-refractivity contribution in [3.63, 3.8) is 0 Å². The van der Waals surface area contributed by atoms with Gasteiger partial charge in [0, 0.05) is 41.6 Å². The van der Waals surface area contributed by atoms with Gasteiger partial charge in [0.25, 0.3) is 0 Å². The van der Waals surface area contributed by atoms with Gasteiger partial charge in [-0.25, -0.2) is 0 Å². The summed E-state index contributed by atoms with van der Waals surface area (Å²) >= 11 is 0. The summed E-state index contributed by atoms with van der Waals surface area (Å²) in [4.78, 5) is 0. The van der Waals surface area contributed by atoms with Gasteiger partial charge >= 0.3 is 17.4 Å². The fourth-order valence-corrected chi connectivity index (χ4v) is 5.99. The summed E-state index contributed by atoms with van der Waals surface area (Å²) in [5, 5.41) is 3.52. The lowest BCUT2D eigenvalue weighted by molar-refractivity contribution is 0.122. The van der Waals surface area contributed by atoms with Gasteiger partial charge in [-0.15, -0.1) is 0 Å². The second-order valence-corrected chi connectivity index (χ2v) is 13.2. The molecule has 0 atom stereocenters. The van der Waals surface area contributed by atoms with Gasteiger partial charge < -0.3 is 27.4 Å². The van der Waals surface area contributed by atoms with Crippen LogP contribution in [0.2, 0.25) is 18.6 Å². The molecule has 6 nitrogen and oxygen atoms in total. The van der Waals surface area contributed by atoms with E-state index in [9.17, 15) is 0 Å². The van der Waals surface area contributed by atoms with E-state index >= 15 is 0 Å². The molecule has 0 aliphatic heterocycles. The third kappa shape index (κ3) is 11.5. The summed E-state index contributed by atoms with van der Waals surface area (Å²) in [6, 6.07) is 1.95. The maximum absolute atomic E-state index is 5.49. The van der Waals surface area contributed by atoms with Crippen LogP contribution in [0.3, 0.4) is 0 Å². The largest absolute Gasteiger partial charge is 0.500 e. The smallest absolute Gasteiger partial charge is 0.398 e. The van der Waals surface area contributed by atoms with Crippen LogP contribution in [-0.4, -0.2) is 66.0 Å². The van der Waals surface area contributed by atoms with Crippen molar-refractivity contribution in [2.45, 2.75) is 63.6 Å². The molecule has 0 aromatic carbocycles. The number of hydrogen-bond acceptors (Lipinski definition) is 6. The first kappa shape index (κ1) is 25.2. The van der Waals surface area contributed by atoms with E-state index in [1.54, 1.807) is 35.5 Å². The Kier molecular flexibility index (Phi) is 15.4. The lowest BCUT2D eigenvalue weighted by Gasteiger charge is -2.24. The van der Waals surface area contributed by atoms with Crippen LogP contribution in [-0.2, 0) is 22.1 Å². The van der Waals surface area contributed by atoms with Gasteiger partial charge in [-0.3, -0.25) is 0 Å². The van der Waals surface area contributed by atoms with Crippen LogP contribution in [0, 0.1) is 0 Å². The van der Waals surface area contributed by atoms with Gasteiger partial charge in [0.15, 0.2) is 0 Å². The number of unbranched alkanes of at least 4 members (excludes halogenated alkanes) is 5. The third-order valence-corrected chi connectivity index (χ3v) is 10.7. The molecule has 0 aromatic heterocycles. The molecule has 25 heavy (non-hydrogen) atoms. The normalized spacial score (nSPS) is 12.7. The van der Waals surface area contributed by atoms with E-state index in [-0.39, 0.29) is 0 Å². The Bertz CT molecular complexity index is 294. The van der Waals surface area contributed by atoms with Crippen LogP contribution in [0.25, 0.3) is 0 Å². The Morgan fingerprint density at radius 3 is 1.56 bits per heavy atom. The van der Waals surface area contributed by atoms with Gasteiger partial charge in [0.1, 0.15) is 0 Å². The maximum atomic E-state index is 5.49. The summed E-state index contributed by atoms with van der Waals surface area (Å²) in [6.07, 6.45) is 8.55. The SMILES string of the molecule is CO[Si](C)(CCCNCCCCCCCC[Si](OC)(OC)OC)OC. The van der Waals surface area contributed by atoms with E-state index < -0.39 is 17.4 Å². The molecule has 8 heteroatoms. The van der Waals surface area contributed by atoms with Crippen LogP contribution in [0.1, 0.15) is 44.9 Å². The first-order valence-corrected chi connectivity index (χ1v) is 13.9. The molecule has 0 bridgehead atoms. The number of hydrogen-bond donors (Lipinski definition) is 1. The Balaban J connectivity index is 3.43. The molecule has 0 saturated heterocycles. The summed E-state index contributed by atoms with van der Waals surface area (Å²) < 4.78 is 27.3. The standard InChI is InChI=1S/C17H41NO5Si2/c1-19-24(6,20-2)16-13-15-18-14-11-9-7-8-10-12-17-25(21-3,22-4)23-5/h18H,7-17H2,1-6H3. The lowest BCUT2D eigenvalue weighted by atomic mass is 10.1. The summed E-state index contributed by atoms with van der Waals surface area (Å²) in [5.74, 6) is 0. The summed E-state index contributed by atoms with van der Waals surface area (Å²) in [5.41, 5.74) is 0. The zero-order valence-corrected chi connectivity index (χ0v) is 19.3. The van der Waals surface area contributed by atoms with Gasteiger partial charge in [-0.1, -0.05) is 25.7 Å². The monoisotopic (exact) mass is 395 g/mol. The molecule has 0 fully saturated rings. The first-order chi connectivity index (χ1) is 12.0. The number of nitrogens with one attached hydrogen (secondary N) is 1. The van der Waals surface area contributed by atoms with Crippen molar-refractivity contribution in [1.29, 1.82) is 0 Å². The Hall–Kier alpha value is 0.194. The summed E-state index contributed by atoms with van der Waals surface area (Å²) in [6.45, 7) is 4.27. The van der Waals surface area contributed by atoms with Crippen LogP contribution in [0.15, 0.2) is 0 Å². The van der Waals surface area contributed by atoms with E-state index in [4.69, 9.17) is 22.1 Å². The van der Waals surface area contributed by atoms with Crippen LogP contribution in [0.5, 0.6) is 0 Å². The topological polar surface area (TPSA) is 58.2 Å². The van der Waals surface area contributed by atoms with E-state index in [0.717, 1.165) is 38.0 Å². The quantitative estimate of drug-likeness (QED) is 0.283. The molecule has 0 unspecified atom stereocenters. The van der Waals surface area contributed by atoms with Gasteiger partial charge in [-0.2, -0.15) is 0 Å². The van der Waals surface area contributed by atoms with Crippen molar-refractivity contribution in [2.24, 2.45) is 0 Å². The highest BCUT2D eigenvalue weighted by Gasteiger charge is 2.36. The van der Waals surface area contributed by atoms with E-state index in [0.29, 0.717) is 0 Å². The molecular formula is C17H41NO5Si2. The molecular weight excluding hydrogens is 354 g/mol. The molecule has 0 spiro atoms. The zero-order valence-electron chi connectivity index (χ0n) is 17.3. The molecule has 0 aromatic rings. The van der Waals surface area contributed by atoms with Crippen LogP contribution >= 0.6 is 0 Å². The van der Waals surface area contributed by atoms with E-state index in [2.05, 4.69) is 11.9 Å². The average Bonchev–Trinajstić information content (AvgIpc) is 2.66. The third-order valence-electron chi connectivity index (χ3n) is 4.87. The Labute approximate surface area is 157 Å². The van der Waals surface area contributed by atoms with E-state index in [1.807, 2.05) is 0 Å². The van der Waals surface area contributed by atoms with Gasteiger partial charge in [0.2, 0.25) is 0 Å². The highest BCUT2D eigenvalue weighted by atomic mass is 28.4. The minimum Gasteiger partial charge on any atom is -0.398 e. The fraction of sp³-hybridized carbons (Fsp3) is 1.00. The molecule has 0 aliphatic rings. The molecule has 0 amide bonds. The molecule has 0 radical (unpaired) electrons. The molecule has 152 valence electrons. The molecule has 1 N–H and O–H groups in total. The number of rotatable bonds is 18. The molecule has 0 heterocycles. The second-order valence-electron chi connectivity index (χ2n) is 6.56. The first-order valence-electron chi connectivity index (χ1n) is 9.48. The predicted molar refractivity (Wildman–Crippen MR) is 107 cm³/mol. The van der Waals surface area contributed by atoms with E-state index in [1.165, 1.54) is 32.1 Å². The van der Waals surface area contributed by atoms with Crippen molar-refractivity contribution < 1.29 is 22.1 Å². The molecule has 0 saturated carbocycles. The minimum absolute atomic E-state index is 0.906. The van der Waals surface area contributed by atoms with Gasteiger partial charge in [0.05, 0.1) is 0 Å². The van der Waals surface area contributed by atoms with Crippen molar-refractivity contribution in [3.05, 3.63) is 0 Å². The highest BCUT2D eigenvalue weighted by Crippen LogP contribution is 2.18. The summed E-state index contributed by atoms with van der Waals surface area (Å²) in [7, 11) is 4.32. The van der Waals surface area contributed by atoms with Crippen molar-refractivity contribution >= 4 is 17.4 Å². The Morgan fingerprint density at radius 1 is 0.560 bits per heavy atom. The van der Waals surface area contributed by atoms with Crippen molar-refractivity contribution in [1.82, 2.24) is 5.32 Å². The van der Waals surface area contributed by atoms with Crippen molar-refractivity contribution in [2.75, 3.05) is 48.6 Å². The maximum Gasteiger partial charge on any atom is 0.500 e. The van der Waals surface area contributed by atoms with Gasteiger partial charge in [-0.05, 0) is 44.9 Å². The fourth-order valence-electron chi connectivity index (χ4n) is 2.80. The zero-order chi connectivity index (χ0) is 19.0. The molecule has 0 rings (SSSR count). The Morgan fingerprint density at radius 2 is 1.04 bits per heavy atom. The average molecular weight is 396 g/mol. The second kappa shape index (κ2) is 15.3. The van der Waals surface area contributed by atoms with Crippen LogP contribution < -0.4 is 5.32 Å². The van der Waals surface area contributed by atoms with Crippen LogP contribution in [0.4, 0.5) is 0 Å². The highest BCUT2D eigenvalue weighted by molar-refractivity contribution is 6.65.